The van der Waals surface area contributed by atoms with Crippen LogP contribution in [0.5, 0.6) is 0 Å². The number of hydrogen-bond acceptors (Lipinski definition) is 6. The van der Waals surface area contributed by atoms with Gasteiger partial charge in [-0.15, -0.1) is 10.2 Å². The van der Waals surface area contributed by atoms with E-state index in [1.165, 1.54) is 0 Å². The Balaban J connectivity index is 1.52. The summed E-state index contributed by atoms with van der Waals surface area (Å²) < 4.78 is 13.1. The van der Waals surface area contributed by atoms with Gasteiger partial charge in [-0.3, -0.25) is 4.57 Å². The van der Waals surface area contributed by atoms with Gasteiger partial charge < -0.3 is 8.94 Å². The van der Waals surface area contributed by atoms with Gasteiger partial charge in [0.25, 0.3) is 0 Å². The van der Waals surface area contributed by atoms with Gasteiger partial charge in [-0.05, 0) is 18.1 Å². The van der Waals surface area contributed by atoms with Crippen molar-refractivity contribution >= 4 is 11.8 Å². The number of rotatable bonds is 7. The first-order chi connectivity index (χ1) is 13.2. The molecule has 0 unspecified atom stereocenters. The topological polar surface area (TPSA) is 69.9 Å². The third kappa shape index (κ3) is 3.98. The summed E-state index contributed by atoms with van der Waals surface area (Å²) in [5, 5.41) is 13.7. The predicted octanol–water partition coefficient (Wildman–Crippen LogP) is 5.14. The predicted molar refractivity (Wildman–Crippen MR) is 104 cm³/mol. The Kier molecular flexibility index (Phi) is 5.11. The fourth-order valence-electron chi connectivity index (χ4n) is 2.77. The molecule has 27 heavy (non-hydrogen) atoms. The normalized spacial score (nSPS) is 11.4. The van der Waals surface area contributed by atoms with Crippen LogP contribution in [-0.2, 0) is 12.3 Å². The fourth-order valence-corrected chi connectivity index (χ4v) is 3.60. The average Bonchev–Trinajstić information content (AvgIpc) is 3.41. The van der Waals surface area contributed by atoms with Crippen LogP contribution in [0.25, 0.3) is 22.8 Å². The first-order valence-electron chi connectivity index (χ1n) is 8.81. The summed E-state index contributed by atoms with van der Waals surface area (Å²) in [6, 6.07) is 15.7. The molecule has 4 rings (SSSR count). The minimum Gasteiger partial charge on any atom is -0.461 e. The highest BCUT2D eigenvalue weighted by Crippen LogP contribution is 2.28. The second-order valence-corrected chi connectivity index (χ2v) is 7.56. The van der Waals surface area contributed by atoms with E-state index in [1.54, 1.807) is 18.0 Å². The van der Waals surface area contributed by atoms with Crippen molar-refractivity contribution in [3.05, 3.63) is 60.6 Å². The summed E-state index contributed by atoms with van der Waals surface area (Å²) in [7, 11) is 0. The van der Waals surface area contributed by atoms with Crippen molar-refractivity contribution in [1.82, 2.24) is 19.9 Å². The van der Waals surface area contributed by atoms with E-state index in [1.807, 2.05) is 48.5 Å². The highest BCUT2D eigenvalue weighted by atomic mass is 32.2. The number of thioether (sulfide) groups is 1. The summed E-state index contributed by atoms with van der Waals surface area (Å²) in [5.74, 6) is 3.37. The number of nitrogens with zero attached hydrogens (tertiary/aromatic N) is 4. The molecule has 0 saturated carbocycles. The third-order valence-electron chi connectivity index (χ3n) is 3.98. The summed E-state index contributed by atoms with van der Waals surface area (Å²) in [6.45, 7) is 5.16. The van der Waals surface area contributed by atoms with Crippen LogP contribution < -0.4 is 0 Å². The molecule has 0 aliphatic rings. The van der Waals surface area contributed by atoms with Gasteiger partial charge in [0, 0.05) is 18.2 Å². The van der Waals surface area contributed by atoms with Crippen molar-refractivity contribution in [1.29, 1.82) is 0 Å². The fraction of sp³-hybridized carbons (Fsp3) is 0.250. The zero-order valence-electron chi connectivity index (χ0n) is 15.2. The summed E-state index contributed by atoms with van der Waals surface area (Å²) in [6.07, 6.45) is 1.65. The molecule has 6 nitrogen and oxygen atoms in total. The van der Waals surface area contributed by atoms with E-state index in [0.717, 1.165) is 40.3 Å². The summed E-state index contributed by atoms with van der Waals surface area (Å²) in [4.78, 5) is 0. The maximum Gasteiger partial charge on any atom is 0.200 e. The first kappa shape index (κ1) is 17.6. The van der Waals surface area contributed by atoms with Crippen LogP contribution in [0.4, 0.5) is 0 Å². The van der Waals surface area contributed by atoms with Crippen LogP contribution in [0, 0.1) is 5.92 Å². The molecule has 0 N–H and O–H groups in total. The lowest BCUT2D eigenvalue weighted by atomic mass is 10.1. The van der Waals surface area contributed by atoms with Gasteiger partial charge in [0.2, 0.25) is 0 Å². The molecule has 0 atom stereocenters. The van der Waals surface area contributed by atoms with Crippen LogP contribution in [0.3, 0.4) is 0 Å². The number of hydrogen-bond donors (Lipinski definition) is 0. The molecule has 0 saturated heterocycles. The second-order valence-electron chi connectivity index (χ2n) is 6.62. The van der Waals surface area contributed by atoms with Gasteiger partial charge in [-0.2, -0.15) is 0 Å². The van der Waals surface area contributed by atoms with Crippen LogP contribution in [-0.4, -0.2) is 19.9 Å². The molecule has 0 amide bonds. The van der Waals surface area contributed by atoms with Gasteiger partial charge >= 0.3 is 0 Å². The van der Waals surface area contributed by atoms with Crippen molar-refractivity contribution < 1.29 is 8.94 Å². The van der Waals surface area contributed by atoms with E-state index < -0.39 is 0 Å². The second kappa shape index (κ2) is 7.84. The van der Waals surface area contributed by atoms with E-state index in [9.17, 15) is 0 Å². The highest BCUT2D eigenvalue weighted by molar-refractivity contribution is 7.98. The Bertz CT molecular complexity index is 990. The summed E-state index contributed by atoms with van der Waals surface area (Å²) in [5.41, 5.74) is 1.88. The van der Waals surface area contributed by atoms with Gasteiger partial charge in [0.1, 0.15) is 11.5 Å². The zero-order valence-corrected chi connectivity index (χ0v) is 16.0. The van der Waals surface area contributed by atoms with Crippen LogP contribution >= 0.6 is 11.8 Å². The van der Waals surface area contributed by atoms with Crippen molar-refractivity contribution in [2.75, 3.05) is 0 Å². The highest BCUT2D eigenvalue weighted by Gasteiger charge is 2.18. The Hall–Kier alpha value is -2.80. The van der Waals surface area contributed by atoms with Gasteiger partial charge in [-0.25, -0.2) is 0 Å². The van der Waals surface area contributed by atoms with Crippen molar-refractivity contribution in [2.24, 2.45) is 5.92 Å². The maximum atomic E-state index is 5.51. The molecular weight excluding hydrogens is 360 g/mol. The Labute approximate surface area is 161 Å². The molecule has 138 valence electrons. The smallest absolute Gasteiger partial charge is 0.200 e. The molecule has 3 heterocycles. The van der Waals surface area contributed by atoms with Gasteiger partial charge in [0.15, 0.2) is 16.7 Å². The Morgan fingerprint density at radius 2 is 1.93 bits per heavy atom. The summed E-state index contributed by atoms with van der Waals surface area (Å²) >= 11 is 1.58. The SMILES string of the molecule is CC(C)Cn1c(SCc2cc(-c3ccccc3)no2)nnc1-c1ccco1. The quantitative estimate of drug-likeness (QED) is 0.413. The number of benzene rings is 1. The van der Waals surface area contributed by atoms with E-state index in [-0.39, 0.29) is 0 Å². The third-order valence-corrected chi connectivity index (χ3v) is 4.97. The lowest BCUT2D eigenvalue weighted by molar-refractivity contribution is 0.397. The van der Waals surface area contributed by atoms with E-state index in [4.69, 9.17) is 8.94 Å². The molecule has 0 radical (unpaired) electrons. The Morgan fingerprint density at radius 1 is 1.07 bits per heavy atom. The molecule has 3 aromatic heterocycles. The average molecular weight is 380 g/mol. The van der Waals surface area contributed by atoms with Gasteiger partial charge in [0.05, 0.1) is 12.0 Å². The molecule has 0 aliphatic heterocycles. The van der Waals surface area contributed by atoms with Crippen molar-refractivity contribution in [2.45, 2.75) is 31.3 Å². The largest absolute Gasteiger partial charge is 0.461 e. The molecule has 0 aliphatic carbocycles. The molecule has 1 aromatic carbocycles. The standard InChI is InChI=1S/C20H20N4O2S/c1-14(2)12-24-19(18-9-6-10-25-18)21-22-20(24)27-13-16-11-17(23-26-16)15-7-4-3-5-8-15/h3-11,14H,12-13H2,1-2H3. The molecule has 0 bridgehead atoms. The van der Waals surface area contributed by atoms with Gasteiger partial charge in [-0.1, -0.05) is 61.1 Å². The van der Waals surface area contributed by atoms with E-state index in [2.05, 4.69) is 33.8 Å². The van der Waals surface area contributed by atoms with Crippen LogP contribution in [0.15, 0.2) is 68.9 Å². The molecular formula is C20H20N4O2S. The molecule has 4 aromatic rings. The first-order valence-corrected chi connectivity index (χ1v) is 9.80. The molecule has 7 heteroatoms. The lowest BCUT2D eigenvalue weighted by Crippen LogP contribution is -2.07. The molecule has 0 fully saturated rings. The minimum absolute atomic E-state index is 0.462. The van der Waals surface area contributed by atoms with E-state index >= 15 is 0 Å². The van der Waals surface area contributed by atoms with Crippen molar-refractivity contribution in [3.8, 4) is 22.8 Å². The van der Waals surface area contributed by atoms with Crippen LogP contribution in [0.2, 0.25) is 0 Å². The molecule has 0 spiro atoms. The van der Waals surface area contributed by atoms with Crippen LogP contribution in [0.1, 0.15) is 19.6 Å². The monoisotopic (exact) mass is 380 g/mol. The minimum atomic E-state index is 0.462. The maximum absolute atomic E-state index is 5.51. The Morgan fingerprint density at radius 3 is 2.67 bits per heavy atom. The van der Waals surface area contributed by atoms with E-state index in [0.29, 0.717) is 11.7 Å². The number of aromatic nitrogens is 4. The van der Waals surface area contributed by atoms with Crippen molar-refractivity contribution in [3.63, 3.8) is 0 Å². The lowest BCUT2D eigenvalue weighted by Gasteiger charge is -2.10. The zero-order chi connectivity index (χ0) is 18.6. The number of furan rings is 1.